The third-order valence-corrected chi connectivity index (χ3v) is 4.45. The topological polar surface area (TPSA) is 63.6 Å². The molecule has 6 heteroatoms. The second-order valence-corrected chi connectivity index (χ2v) is 6.46. The third-order valence-electron chi connectivity index (χ3n) is 4.45. The first-order valence-electron chi connectivity index (χ1n) is 8.68. The van der Waals surface area contributed by atoms with Gasteiger partial charge in [0.15, 0.2) is 0 Å². The van der Waals surface area contributed by atoms with Crippen molar-refractivity contribution in [2.75, 3.05) is 5.32 Å². The van der Waals surface area contributed by atoms with Gasteiger partial charge >= 0.3 is 0 Å². The second-order valence-electron chi connectivity index (χ2n) is 6.46. The highest BCUT2D eigenvalue weighted by molar-refractivity contribution is 5.93. The van der Waals surface area contributed by atoms with E-state index in [2.05, 4.69) is 25.7 Å². The fraction of sp³-hybridized carbons (Fsp3) is 0.143. The van der Waals surface area contributed by atoms with Crippen molar-refractivity contribution in [3.05, 3.63) is 78.0 Å². The Morgan fingerprint density at radius 2 is 1.67 bits per heavy atom. The van der Waals surface area contributed by atoms with Crippen LogP contribution in [0.25, 0.3) is 22.0 Å². The molecule has 5 nitrogen and oxygen atoms in total. The van der Waals surface area contributed by atoms with Crippen LogP contribution < -0.4 is 5.32 Å². The summed E-state index contributed by atoms with van der Waals surface area (Å²) < 4.78 is 13.2. The monoisotopic (exact) mass is 359 g/mol. The lowest BCUT2D eigenvalue weighted by molar-refractivity contribution is 0.628. The predicted octanol–water partition coefficient (Wildman–Crippen LogP) is 4.71. The Morgan fingerprint density at radius 3 is 2.41 bits per heavy atom. The van der Waals surface area contributed by atoms with E-state index in [1.165, 1.54) is 12.1 Å². The number of halogens is 1. The molecule has 0 spiro atoms. The number of anilines is 1. The van der Waals surface area contributed by atoms with Gasteiger partial charge in [-0.05, 0) is 61.4 Å². The average molecular weight is 359 g/mol. The fourth-order valence-electron chi connectivity index (χ4n) is 2.94. The summed E-state index contributed by atoms with van der Waals surface area (Å²) in [6, 6.07) is 16.2. The van der Waals surface area contributed by atoms with E-state index < -0.39 is 0 Å². The van der Waals surface area contributed by atoms with Gasteiger partial charge in [0.25, 0.3) is 0 Å². The molecule has 134 valence electrons. The number of fused-ring (bicyclic) bond motifs is 1. The molecule has 27 heavy (non-hydrogen) atoms. The third kappa shape index (κ3) is 3.60. The molecule has 1 atom stereocenters. The van der Waals surface area contributed by atoms with E-state index in [0.717, 1.165) is 39.1 Å². The Bertz CT molecular complexity index is 1080. The van der Waals surface area contributed by atoms with Gasteiger partial charge in [-0.25, -0.2) is 4.39 Å². The number of hydrogen-bond donors (Lipinski definition) is 1. The summed E-state index contributed by atoms with van der Waals surface area (Å²) in [4.78, 5) is 0. The van der Waals surface area contributed by atoms with Gasteiger partial charge in [0.05, 0.1) is 34.8 Å². The normalized spacial score (nSPS) is 12.1. The van der Waals surface area contributed by atoms with Crippen LogP contribution in [0.5, 0.6) is 0 Å². The molecule has 2 aromatic heterocycles. The molecule has 4 aromatic rings. The highest BCUT2D eigenvalue weighted by Crippen LogP contribution is 2.29. The van der Waals surface area contributed by atoms with E-state index in [1.54, 1.807) is 18.3 Å². The van der Waals surface area contributed by atoms with Crippen LogP contribution in [0.15, 0.2) is 60.8 Å². The summed E-state index contributed by atoms with van der Waals surface area (Å²) in [5, 5.41) is 21.0. The van der Waals surface area contributed by atoms with Gasteiger partial charge in [0, 0.05) is 5.39 Å². The molecular formula is C21H18FN5. The van der Waals surface area contributed by atoms with E-state index in [1.807, 2.05) is 44.2 Å². The van der Waals surface area contributed by atoms with Crippen LogP contribution in [0.1, 0.15) is 24.4 Å². The number of hydrogen-bond acceptors (Lipinski definition) is 5. The van der Waals surface area contributed by atoms with E-state index in [4.69, 9.17) is 0 Å². The minimum Gasteiger partial charge on any atom is -0.375 e. The molecule has 2 aromatic carbocycles. The van der Waals surface area contributed by atoms with E-state index >= 15 is 0 Å². The standard InChI is InChI=1S/C21H18FN5/c1-13-3-9-19(27-25-13)14(2)24-21-12-23-26-20-10-6-16(11-18(20)21)15-4-7-17(22)8-5-15/h3-12,14H,1-2H3,(H,24,26). The molecule has 1 N–H and O–H groups in total. The van der Waals surface area contributed by atoms with Gasteiger partial charge in [0.2, 0.25) is 0 Å². The van der Waals surface area contributed by atoms with Crippen LogP contribution in [0.3, 0.4) is 0 Å². The number of benzene rings is 2. The average Bonchev–Trinajstić information content (AvgIpc) is 2.69. The lowest BCUT2D eigenvalue weighted by Gasteiger charge is -2.16. The van der Waals surface area contributed by atoms with Crippen LogP contribution in [0.2, 0.25) is 0 Å². The highest BCUT2D eigenvalue weighted by Gasteiger charge is 2.11. The molecule has 0 fully saturated rings. The van der Waals surface area contributed by atoms with Crippen molar-refractivity contribution in [2.45, 2.75) is 19.9 Å². The molecule has 0 amide bonds. The number of nitrogens with zero attached hydrogens (tertiary/aromatic N) is 4. The first kappa shape index (κ1) is 17.0. The molecule has 0 saturated carbocycles. The maximum Gasteiger partial charge on any atom is 0.123 e. The van der Waals surface area contributed by atoms with Crippen LogP contribution in [0.4, 0.5) is 10.1 Å². The molecule has 4 rings (SSSR count). The Balaban J connectivity index is 1.70. The summed E-state index contributed by atoms with van der Waals surface area (Å²) in [6.45, 7) is 3.93. The van der Waals surface area contributed by atoms with Crippen molar-refractivity contribution in [3.8, 4) is 11.1 Å². The Morgan fingerprint density at radius 1 is 0.889 bits per heavy atom. The van der Waals surface area contributed by atoms with Crippen LogP contribution in [-0.2, 0) is 0 Å². The molecule has 0 aliphatic rings. The lowest BCUT2D eigenvalue weighted by atomic mass is 10.0. The molecule has 1 unspecified atom stereocenters. The first-order valence-corrected chi connectivity index (χ1v) is 8.68. The molecular weight excluding hydrogens is 341 g/mol. The molecule has 0 saturated heterocycles. The van der Waals surface area contributed by atoms with Crippen molar-refractivity contribution in [1.29, 1.82) is 0 Å². The van der Waals surface area contributed by atoms with Crippen LogP contribution in [0, 0.1) is 12.7 Å². The molecule has 0 aliphatic heterocycles. The summed E-state index contributed by atoms with van der Waals surface area (Å²) in [6.07, 6.45) is 1.70. The molecule has 0 bridgehead atoms. The fourth-order valence-corrected chi connectivity index (χ4v) is 2.94. The van der Waals surface area contributed by atoms with Gasteiger partial charge in [-0.3, -0.25) is 0 Å². The van der Waals surface area contributed by atoms with Crippen molar-refractivity contribution in [1.82, 2.24) is 20.4 Å². The van der Waals surface area contributed by atoms with E-state index in [9.17, 15) is 4.39 Å². The maximum atomic E-state index is 13.2. The molecule has 0 aliphatic carbocycles. The van der Waals surface area contributed by atoms with Crippen LogP contribution in [-0.4, -0.2) is 20.4 Å². The van der Waals surface area contributed by atoms with Crippen molar-refractivity contribution < 1.29 is 4.39 Å². The highest BCUT2D eigenvalue weighted by atomic mass is 19.1. The number of nitrogens with one attached hydrogen (secondary N) is 1. The Hall–Kier alpha value is -3.41. The van der Waals surface area contributed by atoms with Crippen LogP contribution >= 0.6 is 0 Å². The van der Waals surface area contributed by atoms with E-state index in [0.29, 0.717) is 0 Å². The molecule has 0 radical (unpaired) electrons. The van der Waals surface area contributed by atoms with Gasteiger partial charge in [-0.2, -0.15) is 20.4 Å². The largest absolute Gasteiger partial charge is 0.375 e. The van der Waals surface area contributed by atoms with Gasteiger partial charge in [0.1, 0.15) is 5.82 Å². The summed E-state index contributed by atoms with van der Waals surface area (Å²) in [5.41, 5.74) is 5.30. The molecule has 2 heterocycles. The lowest BCUT2D eigenvalue weighted by Crippen LogP contribution is -2.10. The Labute approximate surface area is 156 Å². The summed E-state index contributed by atoms with van der Waals surface area (Å²) >= 11 is 0. The number of aryl methyl sites for hydroxylation is 1. The van der Waals surface area contributed by atoms with Gasteiger partial charge in [-0.1, -0.05) is 18.2 Å². The number of rotatable bonds is 4. The van der Waals surface area contributed by atoms with Crippen molar-refractivity contribution in [3.63, 3.8) is 0 Å². The van der Waals surface area contributed by atoms with Gasteiger partial charge < -0.3 is 5.32 Å². The first-order chi connectivity index (χ1) is 13.1. The maximum absolute atomic E-state index is 13.2. The summed E-state index contributed by atoms with van der Waals surface area (Å²) in [5.74, 6) is -0.249. The van der Waals surface area contributed by atoms with E-state index in [-0.39, 0.29) is 11.9 Å². The SMILES string of the molecule is Cc1ccc(C(C)Nc2cnnc3ccc(-c4ccc(F)cc4)cc23)nn1. The predicted molar refractivity (Wildman–Crippen MR) is 104 cm³/mol. The van der Waals surface area contributed by atoms with Crippen molar-refractivity contribution >= 4 is 16.6 Å². The smallest absolute Gasteiger partial charge is 0.123 e. The minimum absolute atomic E-state index is 0.0417. The number of aromatic nitrogens is 4. The zero-order chi connectivity index (χ0) is 18.8. The van der Waals surface area contributed by atoms with Crippen molar-refractivity contribution in [2.24, 2.45) is 0 Å². The Kier molecular flexibility index (Phi) is 4.46. The zero-order valence-corrected chi connectivity index (χ0v) is 15.0. The zero-order valence-electron chi connectivity index (χ0n) is 15.0. The quantitative estimate of drug-likeness (QED) is 0.572. The van der Waals surface area contributed by atoms with Gasteiger partial charge in [-0.15, -0.1) is 0 Å². The minimum atomic E-state index is -0.249. The summed E-state index contributed by atoms with van der Waals surface area (Å²) in [7, 11) is 0. The second kappa shape index (κ2) is 7.07.